The summed E-state index contributed by atoms with van der Waals surface area (Å²) in [5.41, 5.74) is -1.47. The second kappa shape index (κ2) is 7.79. The van der Waals surface area contributed by atoms with E-state index in [-0.39, 0.29) is 25.3 Å². The normalized spacial score (nSPS) is 16.7. The number of carboxylic acids is 1. The molecule has 0 spiro atoms. The molecule has 1 heterocycles. The Bertz CT molecular complexity index is 871. The molecule has 1 atom stereocenters. The van der Waals surface area contributed by atoms with Crippen molar-refractivity contribution in [3.63, 3.8) is 0 Å². The summed E-state index contributed by atoms with van der Waals surface area (Å²) in [5.74, 6) is -1.39. The van der Waals surface area contributed by atoms with E-state index in [4.69, 9.17) is 9.84 Å². The van der Waals surface area contributed by atoms with Crippen molar-refractivity contribution in [2.45, 2.75) is 12.6 Å². The number of alkyl halides is 3. The fourth-order valence-electron chi connectivity index (χ4n) is 2.90. The van der Waals surface area contributed by atoms with Gasteiger partial charge in [-0.3, -0.25) is 4.79 Å². The molecule has 2 aromatic rings. The van der Waals surface area contributed by atoms with Gasteiger partial charge in [-0.1, -0.05) is 18.2 Å². The maximum Gasteiger partial charge on any atom is 0.418 e. The zero-order valence-electron chi connectivity index (χ0n) is 14.6. The molecule has 0 aliphatic carbocycles. The molecule has 2 aromatic carbocycles. The van der Waals surface area contributed by atoms with Gasteiger partial charge >= 0.3 is 18.2 Å². The molecular formula is C19H17F3N2O4. The molecule has 6 nitrogen and oxygen atoms in total. The number of carboxylic acid groups (broad SMARTS) is 1. The third-order valence-corrected chi connectivity index (χ3v) is 4.34. The summed E-state index contributed by atoms with van der Waals surface area (Å²) in [7, 11) is 0. The number of carbonyl (C=O) groups is 2. The summed E-state index contributed by atoms with van der Waals surface area (Å²) < 4.78 is 45.8. The number of benzene rings is 2. The summed E-state index contributed by atoms with van der Waals surface area (Å²) >= 11 is 0. The maximum atomic E-state index is 13.5. The van der Waals surface area contributed by atoms with Gasteiger partial charge in [0.1, 0.15) is 11.5 Å². The summed E-state index contributed by atoms with van der Waals surface area (Å²) in [6, 6.07) is 10.8. The number of carbonyl (C=O) groups excluding carboxylic acids is 1. The molecule has 9 heteroatoms. The van der Waals surface area contributed by atoms with Gasteiger partial charge in [-0.2, -0.15) is 13.2 Å². The lowest BCUT2D eigenvalue weighted by atomic mass is 10.1. The van der Waals surface area contributed by atoms with E-state index in [0.29, 0.717) is 5.75 Å². The van der Waals surface area contributed by atoms with Gasteiger partial charge in [-0.25, -0.2) is 4.79 Å². The van der Waals surface area contributed by atoms with E-state index >= 15 is 0 Å². The molecule has 1 unspecified atom stereocenters. The van der Waals surface area contributed by atoms with Crippen LogP contribution in [0.1, 0.15) is 12.0 Å². The number of halogens is 3. The van der Waals surface area contributed by atoms with E-state index in [2.05, 4.69) is 5.32 Å². The van der Waals surface area contributed by atoms with Gasteiger partial charge in [0, 0.05) is 13.1 Å². The lowest BCUT2D eigenvalue weighted by Gasteiger charge is -2.20. The summed E-state index contributed by atoms with van der Waals surface area (Å²) in [5, 5.41) is 11.2. The molecule has 2 N–H and O–H groups in total. The largest absolute Gasteiger partial charge is 0.481 e. The van der Waals surface area contributed by atoms with Gasteiger partial charge in [-0.05, 0) is 36.8 Å². The van der Waals surface area contributed by atoms with Crippen LogP contribution in [0.15, 0.2) is 48.5 Å². The van der Waals surface area contributed by atoms with Crippen LogP contribution in [0.4, 0.5) is 23.7 Å². The second-order valence-electron chi connectivity index (χ2n) is 6.32. The quantitative estimate of drug-likeness (QED) is 0.804. The van der Waals surface area contributed by atoms with Crippen LogP contribution in [0.5, 0.6) is 11.5 Å². The molecular weight excluding hydrogens is 377 g/mol. The second-order valence-corrected chi connectivity index (χ2v) is 6.32. The minimum Gasteiger partial charge on any atom is -0.481 e. The van der Waals surface area contributed by atoms with E-state index in [1.54, 1.807) is 30.3 Å². The molecule has 2 amide bonds. The third-order valence-electron chi connectivity index (χ3n) is 4.34. The number of aliphatic carboxylic acids is 1. The number of amides is 2. The first-order valence-corrected chi connectivity index (χ1v) is 8.47. The van der Waals surface area contributed by atoms with E-state index in [9.17, 15) is 22.8 Å². The predicted molar refractivity (Wildman–Crippen MR) is 94.3 cm³/mol. The zero-order valence-corrected chi connectivity index (χ0v) is 14.6. The van der Waals surface area contributed by atoms with Crippen LogP contribution in [-0.4, -0.2) is 35.1 Å². The van der Waals surface area contributed by atoms with Crippen LogP contribution < -0.4 is 10.1 Å². The topological polar surface area (TPSA) is 78.9 Å². The summed E-state index contributed by atoms with van der Waals surface area (Å²) in [6.07, 6.45) is -4.45. The first-order valence-electron chi connectivity index (χ1n) is 8.47. The first-order chi connectivity index (χ1) is 13.2. The van der Waals surface area contributed by atoms with Crippen molar-refractivity contribution in [1.82, 2.24) is 4.90 Å². The highest BCUT2D eigenvalue weighted by atomic mass is 19.4. The smallest absolute Gasteiger partial charge is 0.418 e. The van der Waals surface area contributed by atoms with Crippen molar-refractivity contribution in [2.24, 2.45) is 5.92 Å². The van der Waals surface area contributed by atoms with Crippen molar-refractivity contribution in [2.75, 3.05) is 18.4 Å². The Morgan fingerprint density at radius 3 is 2.43 bits per heavy atom. The maximum absolute atomic E-state index is 13.5. The SMILES string of the molecule is O=C(O)C1CCN(C(=O)Nc2ccc(Oc3ccccc3)cc2C(F)(F)F)C1. The van der Waals surface area contributed by atoms with Crippen LogP contribution in [0.3, 0.4) is 0 Å². The number of para-hydroxylation sites is 1. The monoisotopic (exact) mass is 394 g/mol. The first kappa shape index (κ1) is 19.5. The summed E-state index contributed by atoms with van der Waals surface area (Å²) in [4.78, 5) is 24.4. The minimum atomic E-state index is -4.71. The number of hydrogen-bond donors (Lipinski definition) is 2. The zero-order chi connectivity index (χ0) is 20.3. The Morgan fingerprint density at radius 1 is 1.11 bits per heavy atom. The Labute approximate surface area is 158 Å². The van der Waals surface area contributed by atoms with Crippen molar-refractivity contribution in [1.29, 1.82) is 0 Å². The number of nitrogens with one attached hydrogen (secondary N) is 1. The van der Waals surface area contributed by atoms with Crippen molar-refractivity contribution in [3.05, 3.63) is 54.1 Å². The number of urea groups is 1. The number of likely N-dealkylation sites (tertiary alicyclic amines) is 1. The number of anilines is 1. The number of rotatable bonds is 4. The average Bonchev–Trinajstić information content (AvgIpc) is 3.13. The fraction of sp³-hybridized carbons (Fsp3) is 0.263. The van der Waals surface area contributed by atoms with Gasteiger partial charge in [0.25, 0.3) is 0 Å². The van der Waals surface area contributed by atoms with Gasteiger partial charge in [0.05, 0.1) is 17.2 Å². The molecule has 0 aromatic heterocycles. The molecule has 1 fully saturated rings. The average molecular weight is 394 g/mol. The number of ether oxygens (including phenoxy) is 1. The van der Waals surface area contributed by atoms with Crippen LogP contribution in [0.2, 0.25) is 0 Å². The van der Waals surface area contributed by atoms with E-state index in [1.165, 1.54) is 11.0 Å². The predicted octanol–water partition coefficient (Wildman–Crippen LogP) is 4.44. The molecule has 1 aliphatic rings. The van der Waals surface area contributed by atoms with Gasteiger partial charge < -0.3 is 20.1 Å². The van der Waals surface area contributed by atoms with E-state index < -0.39 is 35.3 Å². The Kier molecular flexibility index (Phi) is 5.43. The molecule has 1 saturated heterocycles. The number of hydrogen-bond acceptors (Lipinski definition) is 3. The summed E-state index contributed by atoms with van der Waals surface area (Å²) in [6.45, 7) is 0.122. The standard InChI is InChI=1S/C19H17F3N2O4/c20-19(21,22)15-10-14(28-13-4-2-1-3-5-13)6-7-16(15)23-18(27)24-9-8-12(11-24)17(25)26/h1-7,10,12H,8-9,11H2,(H,23,27)(H,25,26). The van der Waals surface area contributed by atoms with Crippen LogP contribution in [-0.2, 0) is 11.0 Å². The van der Waals surface area contributed by atoms with Gasteiger partial charge in [-0.15, -0.1) is 0 Å². The molecule has 0 radical (unpaired) electrons. The lowest BCUT2D eigenvalue weighted by Crippen LogP contribution is -2.34. The Hall–Kier alpha value is -3.23. The molecule has 148 valence electrons. The van der Waals surface area contributed by atoms with Crippen molar-refractivity contribution < 1.29 is 32.6 Å². The van der Waals surface area contributed by atoms with Crippen molar-refractivity contribution >= 4 is 17.7 Å². The fourth-order valence-corrected chi connectivity index (χ4v) is 2.90. The van der Waals surface area contributed by atoms with Crippen LogP contribution in [0, 0.1) is 5.92 Å². The third kappa shape index (κ3) is 4.54. The van der Waals surface area contributed by atoms with Gasteiger partial charge in [0.15, 0.2) is 0 Å². The highest BCUT2D eigenvalue weighted by Gasteiger charge is 2.36. The molecule has 28 heavy (non-hydrogen) atoms. The highest BCUT2D eigenvalue weighted by Crippen LogP contribution is 2.38. The lowest BCUT2D eigenvalue weighted by molar-refractivity contribution is -0.141. The Balaban J connectivity index is 1.78. The van der Waals surface area contributed by atoms with Gasteiger partial charge in [0.2, 0.25) is 0 Å². The van der Waals surface area contributed by atoms with Crippen LogP contribution >= 0.6 is 0 Å². The molecule has 1 aliphatic heterocycles. The highest BCUT2D eigenvalue weighted by molar-refractivity contribution is 5.91. The minimum absolute atomic E-state index is 0.0244. The van der Waals surface area contributed by atoms with E-state index in [0.717, 1.165) is 12.1 Å². The number of nitrogens with zero attached hydrogens (tertiary/aromatic N) is 1. The Morgan fingerprint density at radius 2 is 1.82 bits per heavy atom. The van der Waals surface area contributed by atoms with Crippen molar-refractivity contribution in [3.8, 4) is 11.5 Å². The molecule has 0 bridgehead atoms. The molecule has 0 saturated carbocycles. The van der Waals surface area contributed by atoms with Crippen LogP contribution in [0.25, 0.3) is 0 Å². The van der Waals surface area contributed by atoms with E-state index in [1.807, 2.05) is 0 Å². The molecule has 3 rings (SSSR count).